The number of nitrogens with one attached hydrogen (secondary N) is 1. The molecule has 7 heteroatoms. The van der Waals surface area contributed by atoms with E-state index in [4.69, 9.17) is 11.6 Å². The molecule has 112 valence electrons. The fraction of sp³-hybridized carbons (Fsp3) is 0.357. The smallest absolute Gasteiger partial charge is 0.246 e. The van der Waals surface area contributed by atoms with Crippen LogP contribution in [0.25, 0.3) is 0 Å². The number of rotatable bonds is 4. The monoisotopic (exact) mass is 308 g/mol. The average Bonchev–Trinajstić information content (AvgIpc) is 2.81. The van der Waals surface area contributed by atoms with Gasteiger partial charge < -0.3 is 10.4 Å². The lowest BCUT2D eigenvalue weighted by Crippen LogP contribution is -2.19. The van der Waals surface area contributed by atoms with Gasteiger partial charge in [-0.25, -0.2) is 4.68 Å². The number of aliphatic hydroxyl groups is 1. The van der Waals surface area contributed by atoms with Crippen molar-refractivity contribution in [1.82, 2.24) is 15.0 Å². The van der Waals surface area contributed by atoms with Crippen LogP contribution in [-0.4, -0.2) is 26.0 Å². The minimum Gasteiger partial charge on any atom is -0.384 e. The van der Waals surface area contributed by atoms with Crippen molar-refractivity contribution < 1.29 is 9.90 Å². The second-order valence-electron chi connectivity index (χ2n) is 5.39. The van der Waals surface area contributed by atoms with Crippen LogP contribution < -0.4 is 5.32 Å². The molecule has 1 aromatic carbocycles. The molecular formula is C14H17ClN4O2. The number of carbonyl (C=O) groups is 1. The predicted molar refractivity (Wildman–Crippen MR) is 80.1 cm³/mol. The van der Waals surface area contributed by atoms with Crippen molar-refractivity contribution in [2.75, 3.05) is 5.32 Å². The van der Waals surface area contributed by atoms with Gasteiger partial charge in [0.15, 0.2) is 0 Å². The van der Waals surface area contributed by atoms with Gasteiger partial charge in [0.25, 0.3) is 0 Å². The molecule has 1 aromatic heterocycles. The molecule has 2 N–H and O–H groups in total. The van der Waals surface area contributed by atoms with Crippen LogP contribution in [-0.2, 0) is 16.9 Å². The maximum absolute atomic E-state index is 12.0. The Hall–Kier alpha value is -1.92. The zero-order valence-electron chi connectivity index (χ0n) is 12.1. The number of benzene rings is 1. The van der Waals surface area contributed by atoms with Gasteiger partial charge in [-0.05, 0) is 38.5 Å². The van der Waals surface area contributed by atoms with Crippen LogP contribution in [0.3, 0.4) is 0 Å². The Morgan fingerprint density at radius 2 is 2.19 bits per heavy atom. The molecule has 0 aliphatic heterocycles. The number of nitrogens with zero attached hydrogens (tertiary/aromatic N) is 3. The Balaban J connectivity index is 2.03. The number of anilines is 1. The zero-order valence-corrected chi connectivity index (χ0v) is 12.8. The zero-order chi connectivity index (χ0) is 15.6. The third-order valence-corrected chi connectivity index (χ3v) is 3.18. The summed E-state index contributed by atoms with van der Waals surface area (Å²) in [7, 11) is 0. The molecule has 0 unspecified atom stereocenters. The first-order valence-corrected chi connectivity index (χ1v) is 6.82. The van der Waals surface area contributed by atoms with E-state index in [0.29, 0.717) is 16.4 Å². The molecule has 2 aromatic rings. The molecular weight excluding hydrogens is 292 g/mol. The molecule has 1 amide bonds. The first-order chi connectivity index (χ1) is 9.75. The number of halogens is 1. The molecule has 21 heavy (non-hydrogen) atoms. The standard InChI is InChI=1S/C14H17ClN4O2/c1-9-4-5-11(10(15)6-9)16-13(20)8-19-7-12(17-18-19)14(2,3)21/h4-7,21H,8H2,1-3H3,(H,16,20). The van der Waals surface area contributed by atoms with Crippen molar-refractivity contribution in [1.29, 1.82) is 0 Å². The van der Waals surface area contributed by atoms with Crippen LogP contribution in [0.2, 0.25) is 5.02 Å². The minimum absolute atomic E-state index is 0.00666. The Morgan fingerprint density at radius 1 is 1.48 bits per heavy atom. The fourth-order valence-electron chi connectivity index (χ4n) is 1.71. The Kier molecular flexibility index (Phi) is 4.29. The molecule has 1 heterocycles. The summed E-state index contributed by atoms with van der Waals surface area (Å²) in [5.41, 5.74) is 0.887. The highest BCUT2D eigenvalue weighted by Gasteiger charge is 2.20. The van der Waals surface area contributed by atoms with Crippen LogP contribution in [0.4, 0.5) is 5.69 Å². The van der Waals surface area contributed by atoms with Crippen molar-refractivity contribution in [2.45, 2.75) is 32.9 Å². The van der Waals surface area contributed by atoms with Gasteiger partial charge in [0, 0.05) is 0 Å². The van der Waals surface area contributed by atoms with Gasteiger partial charge in [-0.1, -0.05) is 22.9 Å². The molecule has 0 radical (unpaired) electrons. The lowest BCUT2D eigenvalue weighted by Gasteiger charge is -2.11. The first kappa shape index (κ1) is 15.5. The number of hydrogen-bond donors (Lipinski definition) is 2. The van der Waals surface area contributed by atoms with E-state index < -0.39 is 5.60 Å². The maximum Gasteiger partial charge on any atom is 0.246 e. The Labute approximate surface area is 127 Å². The fourth-order valence-corrected chi connectivity index (χ4v) is 2.00. The van der Waals surface area contributed by atoms with E-state index in [-0.39, 0.29) is 12.5 Å². The number of aromatic nitrogens is 3. The van der Waals surface area contributed by atoms with Gasteiger partial charge in [-0.3, -0.25) is 4.79 Å². The molecule has 0 bridgehead atoms. The summed E-state index contributed by atoms with van der Waals surface area (Å²) in [5.74, 6) is -0.270. The van der Waals surface area contributed by atoms with Gasteiger partial charge in [-0.2, -0.15) is 0 Å². The molecule has 0 fully saturated rings. The number of hydrogen-bond acceptors (Lipinski definition) is 4. The van der Waals surface area contributed by atoms with Crippen molar-refractivity contribution in [3.63, 3.8) is 0 Å². The summed E-state index contributed by atoms with van der Waals surface area (Å²) < 4.78 is 1.37. The van der Waals surface area contributed by atoms with Gasteiger partial charge in [0.05, 0.1) is 16.9 Å². The quantitative estimate of drug-likeness (QED) is 0.906. The third-order valence-electron chi connectivity index (χ3n) is 2.87. The summed E-state index contributed by atoms with van der Waals surface area (Å²) in [6.07, 6.45) is 1.54. The van der Waals surface area contributed by atoms with E-state index in [1.807, 2.05) is 13.0 Å². The highest BCUT2D eigenvalue weighted by Crippen LogP contribution is 2.22. The largest absolute Gasteiger partial charge is 0.384 e. The van der Waals surface area contributed by atoms with Gasteiger partial charge >= 0.3 is 0 Å². The minimum atomic E-state index is -1.09. The first-order valence-electron chi connectivity index (χ1n) is 6.45. The van der Waals surface area contributed by atoms with Crippen molar-refractivity contribution in [3.8, 4) is 0 Å². The molecule has 0 aliphatic rings. The Bertz CT molecular complexity index is 661. The predicted octanol–water partition coefficient (Wildman–Crippen LogP) is 2.11. The average molecular weight is 309 g/mol. The molecule has 0 atom stereocenters. The number of carbonyl (C=O) groups excluding carboxylic acids is 1. The van der Waals surface area contributed by atoms with Crippen molar-refractivity contribution in [3.05, 3.63) is 40.7 Å². The highest BCUT2D eigenvalue weighted by molar-refractivity contribution is 6.33. The van der Waals surface area contributed by atoms with Gasteiger partial charge in [0.1, 0.15) is 17.8 Å². The summed E-state index contributed by atoms with van der Waals surface area (Å²) in [6.45, 7) is 5.12. The second kappa shape index (κ2) is 5.83. The lowest BCUT2D eigenvalue weighted by atomic mass is 10.1. The van der Waals surface area contributed by atoms with Gasteiger partial charge in [-0.15, -0.1) is 5.10 Å². The van der Waals surface area contributed by atoms with E-state index in [9.17, 15) is 9.90 Å². The van der Waals surface area contributed by atoms with Gasteiger partial charge in [0.2, 0.25) is 5.91 Å². The number of aryl methyl sites for hydroxylation is 1. The molecule has 0 saturated heterocycles. The molecule has 6 nitrogen and oxygen atoms in total. The topological polar surface area (TPSA) is 80.0 Å². The molecule has 0 saturated carbocycles. The summed E-state index contributed by atoms with van der Waals surface area (Å²) in [6, 6.07) is 5.39. The SMILES string of the molecule is Cc1ccc(NC(=O)Cn2cc(C(C)(C)O)nn2)c(Cl)c1. The second-order valence-corrected chi connectivity index (χ2v) is 5.80. The summed E-state index contributed by atoms with van der Waals surface area (Å²) in [4.78, 5) is 12.0. The van der Waals surface area contributed by atoms with E-state index >= 15 is 0 Å². The van der Waals surface area contributed by atoms with Crippen LogP contribution in [0.15, 0.2) is 24.4 Å². The van der Waals surface area contributed by atoms with Crippen molar-refractivity contribution in [2.24, 2.45) is 0 Å². The van der Waals surface area contributed by atoms with E-state index in [2.05, 4.69) is 15.6 Å². The van der Waals surface area contributed by atoms with E-state index in [1.165, 1.54) is 10.9 Å². The van der Waals surface area contributed by atoms with Crippen molar-refractivity contribution >= 4 is 23.2 Å². The summed E-state index contributed by atoms with van der Waals surface area (Å²) >= 11 is 6.06. The molecule has 2 rings (SSSR count). The van der Waals surface area contributed by atoms with E-state index in [1.54, 1.807) is 26.0 Å². The normalized spacial score (nSPS) is 11.5. The lowest BCUT2D eigenvalue weighted by molar-refractivity contribution is -0.116. The maximum atomic E-state index is 12.0. The summed E-state index contributed by atoms with van der Waals surface area (Å²) in [5, 5.41) is 20.6. The Morgan fingerprint density at radius 3 is 2.76 bits per heavy atom. The third kappa shape index (κ3) is 4.03. The van der Waals surface area contributed by atoms with Crippen LogP contribution in [0.5, 0.6) is 0 Å². The highest BCUT2D eigenvalue weighted by atomic mass is 35.5. The number of amides is 1. The molecule has 0 spiro atoms. The van der Waals surface area contributed by atoms with Crippen LogP contribution in [0.1, 0.15) is 25.1 Å². The van der Waals surface area contributed by atoms with Crippen LogP contribution >= 0.6 is 11.6 Å². The molecule has 0 aliphatic carbocycles. The van der Waals surface area contributed by atoms with Crippen LogP contribution in [0, 0.1) is 6.92 Å². The van der Waals surface area contributed by atoms with E-state index in [0.717, 1.165) is 5.56 Å².